The fraction of sp³-hybridized carbons (Fsp3) is 0.130. The van der Waals surface area contributed by atoms with Gasteiger partial charge in [0.15, 0.2) is 5.69 Å². The number of halogens is 3. The van der Waals surface area contributed by atoms with Crippen molar-refractivity contribution in [2.75, 3.05) is 5.32 Å². The molecule has 0 fully saturated rings. The lowest BCUT2D eigenvalue weighted by Gasteiger charge is -2.15. The molecule has 0 radical (unpaired) electrons. The zero-order valence-electron chi connectivity index (χ0n) is 17.3. The number of nitrogens with one attached hydrogen (secondary N) is 1. The lowest BCUT2D eigenvalue weighted by molar-refractivity contribution is -0.383. The number of para-hydroxylation sites is 2. The number of benzene rings is 2. The van der Waals surface area contributed by atoms with Crippen LogP contribution in [0, 0.1) is 10.1 Å². The van der Waals surface area contributed by atoms with Gasteiger partial charge in [-0.05, 0) is 42.8 Å². The van der Waals surface area contributed by atoms with Crippen molar-refractivity contribution < 1.29 is 27.3 Å². The summed E-state index contributed by atoms with van der Waals surface area (Å²) in [5, 5.41) is 17.5. The molecule has 2 aromatic carbocycles. The Balaban J connectivity index is 1.50. The van der Waals surface area contributed by atoms with Crippen LogP contribution in [0.3, 0.4) is 0 Å². The summed E-state index contributed by atoms with van der Waals surface area (Å²) in [6.45, 7) is 0. The Labute approximate surface area is 189 Å². The van der Waals surface area contributed by atoms with E-state index in [-0.39, 0.29) is 28.9 Å². The molecule has 2 heterocycles. The Bertz CT molecular complexity index is 1420. The van der Waals surface area contributed by atoms with E-state index in [1.807, 2.05) is 0 Å². The average molecular weight is 468 g/mol. The Hall–Kier alpha value is -4.41. The number of anilines is 1. The van der Waals surface area contributed by atoms with Gasteiger partial charge < -0.3 is 9.73 Å². The lowest BCUT2D eigenvalue weighted by atomic mass is 9.94. The van der Waals surface area contributed by atoms with Gasteiger partial charge in [0, 0.05) is 29.2 Å². The van der Waals surface area contributed by atoms with E-state index in [9.17, 15) is 28.1 Å². The van der Waals surface area contributed by atoms with Crippen molar-refractivity contribution >= 4 is 17.3 Å². The monoisotopic (exact) mass is 468 g/mol. The van der Waals surface area contributed by atoms with Gasteiger partial charge >= 0.3 is 6.18 Å². The standard InChI is InChI=1S/C23H15F3N4O4/c24-23(25,26)21-16-9-10-19-15(11-12-34-19)20(16)29(28-21)14-7-5-13(6-8-14)22(31)27-17-3-1-2-4-18(17)30(32)33/h1-8,11-12H,9-10H2,(H,27,31). The van der Waals surface area contributed by atoms with Crippen molar-refractivity contribution in [3.8, 4) is 16.9 Å². The van der Waals surface area contributed by atoms with E-state index in [0.29, 0.717) is 29.1 Å². The van der Waals surface area contributed by atoms with Crippen LogP contribution in [0.5, 0.6) is 0 Å². The van der Waals surface area contributed by atoms with Crippen LogP contribution < -0.4 is 5.32 Å². The molecule has 1 aliphatic carbocycles. The molecule has 1 aliphatic rings. The third kappa shape index (κ3) is 3.60. The minimum Gasteiger partial charge on any atom is -0.469 e. The van der Waals surface area contributed by atoms with Gasteiger partial charge in [-0.15, -0.1) is 0 Å². The SMILES string of the molecule is O=C(Nc1ccccc1[N+](=O)[O-])c1ccc(-n2nc(C(F)(F)F)c3c2-c2ccoc2CC3)cc1. The van der Waals surface area contributed by atoms with E-state index in [1.165, 1.54) is 53.4 Å². The summed E-state index contributed by atoms with van der Waals surface area (Å²) in [5.41, 5.74) is 0.260. The van der Waals surface area contributed by atoms with Gasteiger partial charge in [-0.25, -0.2) is 4.68 Å². The normalized spacial score (nSPS) is 12.7. The molecule has 0 saturated carbocycles. The highest BCUT2D eigenvalue weighted by Crippen LogP contribution is 2.42. The Morgan fingerprint density at radius 3 is 2.53 bits per heavy atom. The summed E-state index contributed by atoms with van der Waals surface area (Å²) < 4.78 is 47.6. The molecule has 0 saturated heterocycles. The number of amides is 1. The maximum absolute atomic E-state index is 13.7. The number of rotatable bonds is 4. The minimum absolute atomic E-state index is 0.0324. The molecule has 0 atom stereocenters. The van der Waals surface area contributed by atoms with E-state index in [2.05, 4.69) is 10.4 Å². The van der Waals surface area contributed by atoms with Gasteiger partial charge in [0.25, 0.3) is 11.6 Å². The van der Waals surface area contributed by atoms with Crippen LogP contribution in [0.4, 0.5) is 24.5 Å². The first-order valence-electron chi connectivity index (χ1n) is 10.1. The molecular formula is C23H15F3N4O4. The van der Waals surface area contributed by atoms with E-state index in [4.69, 9.17) is 4.42 Å². The fourth-order valence-corrected chi connectivity index (χ4v) is 4.05. The van der Waals surface area contributed by atoms with Gasteiger partial charge in [0.05, 0.1) is 22.6 Å². The van der Waals surface area contributed by atoms with Gasteiger partial charge in [0.1, 0.15) is 11.4 Å². The first-order chi connectivity index (χ1) is 16.2. The Kier molecular flexibility index (Phi) is 4.96. The van der Waals surface area contributed by atoms with Gasteiger partial charge in [-0.2, -0.15) is 18.3 Å². The zero-order valence-corrected chi connectivity index (χ0v) is 17.3. The van der Waals surface area contributed by atoms with Crippen LogP contribution in [0.1, 0.15) is 27.4 Å². The number of aromatic nitrogens is 2. The predicted octanol–water partition coefficient (Wildman–Crippen LogP) is 5.41. The molecule has 8 nitrogen and oxygen atoms in total. The summed E-state index contributed by atoms with van der Waals surface area (Å²) in [6.07, 6.45) is -2.71. The van der Waals surface area contributed by atoms with Gasteiger partial charge in [-0.3, -0.25) is 14.9 Å². The number of furan rings is 1. The number of nitro groups is 1. The molecule has 1 amide bonds. The Morgan fingerprint density at radius 1 is 1.09 bits per heavy atom. The maximum Gasteiger partial charge on any atom is 0.435 e. The quantitative estimate of drug-likeness (QED) is 0.319. The highest BCUT2D eigenvalue weighted by atomic mass is 19.4. The summed E-state index contributed by atoms with van der Waals surface area (Å²) in [7, 11) is 0. The fourth-order valence-electron chi connectivity index (χ4n) is 4.05. The third-order valence-electron chi connectivity index (χ3n) is 5.58. The molecule has 0 aliphatic heterocycles. The number of fused-ring (bicyclic) bond motifs is 3. The highest BCUT2D eigenvalue weighted by Gasteiger charge is 2.41. The molecule has 0 spiro atoms. The molecule has 11 heteroatoms. The minimum atomic E-state index is -4.62. The summed E-state index contributed by atoms with van der Waals surface area (Å²) in [4.78, 5) is 23.2. The third-order valence-corrected chi connectivity index (χ3v) is 5.58. The largest absolute Gasteiger partial charge is 0.469 e. The van der Waals surface area contributed by atoms with Crippen LogP contribution in [0.2, 0.25) is 0 Å². The molecule has 1 N–H and O–H groups in total. The molecule has 0 unspecified atom stereocenters. The zero-order chi connectivity index (χ0) is 24.0. The van der Waals surface area contributed by atoms with Crippen molar-refractivity contribution in [2.24, 2.45) is 0 Å². The second-order valence-electron chi connectivity index (χ2n) is 7.62. The lowest BCUT2D eigenvalue weighted by Crippen LogP contribution is -2.13. The molecule has 4 aromatic rings. The molecular weight excluding hydrogens is 453 g/mol. The van der Waals surface area contributed by atoms with E-state index < -0.39 is 22.7 Å². The number of nitrogens with zero attached hydrogens (tertiary/aromatic N) is 3. The predicted molar refractivity (Wildman–Crippen MR) is 115 cm³/mol. The number of nitro benzene ring substituents is 1. The van der Waals surface area contributed by atoms with Crippen LogP contribution in [0.15, 0.2) is 65.3 Å². The van der Waals surface area contributed by atoms with Crippen molar-refractivity contribution in [1.82, 2.24) is 9.78 Å². The van der Waals surface area contributed by atoms with Gasteiger partial charge in [0.2, 0.25) is 0 Å². The smallest absolute Gasteiger partial charge is 0.435 e. The molecule has 34 heavy (non-hydrogen) atoms. The van der Waals surface area contributed by atoms with Crippen molar-refractivity contribution in [2.45, 2.75) is 19.0 Å². The number of hydrogen-bond donors (Lipinski definition) is 1. The number of hydrogen-bond acceptors (Lipinski definition) is 5. The molecule has 0 bridgehead atoms. The second kappa shape index (κ2) is 7.87. The summed E-state index contributed by atoms with van der Waals surface area (Å²) in [5.74, 6) is -0.0146. The highest BCUT2D eigenvalue weighted by molar-refractivity contribution is 6.05. The maximum atomic E-state index is 13.7. The van der Waals surface area contributed by atoms with Crippen LogP contribution in [-0.4, -0.2) is 20.6 Å². The Morgan fingerprint density at radius 2 is 1.82 bits per heavy atom. The molecule has 5 rings (SSSR count). The first kappa shape index (κ1) is 21.4. The van der Waals surface area contributed by atoms with Gasteiger partial charge in [-0.1, -0.05) is 12.1 Å². The van der Waals surface area contributed by atoms with Crippen molar-refractivity contribution in [3.05, 3.63) is 93.6 Å². The van der Waals surface area contributed by atoms with E-state index in [1.54, 1.807) is 12.1 Å². The van der Waals surface area contributed by atoms with Crippen LogP contribution in [0.25, 0.3) is 16.9 Å². The van der Waals surface area contributed by atoms with Crippen molar-refractivity contribution in [3.63, 3.8) is 0 Å². The topological polar surface area (TPSA) is 103 Å². The van der Waals surface area contributed by atoms with Crippen molar-refractivity contribution in [1.29, 1.82) is 0 Å². The summed E-state index contributed by atoms with van der Waals surface area (Å²) in [6, 6.07) is 13.1. The number of alkyl halides is 3. The van der Waals surface area contributed by atoms with Crippen LogP contribution in [-0.2, 0) is 19.0 Å². The van der Waals surface area contributed by atoms with Crippen LogP contribution >= 0.6 is 0 Å². The van der Waals surface area contributed by atoms with E-state index >= 15 is 0 Å². The molecule has 2 aromatic heterocycles. The average Bonchev–Trinajstić information content (AvgIpc) is 3.43. The molecule has 172 valence electrons. The number of carbonyl (C=O) groups is 1. The number of aryl methyl sites for hydroxylation is 1. The second-order valence-corrected chi connectivity index (χ2v) is 7.62. The number of carbonyl (C=O) groups excluding carboxylic acids is 1. The summed E-state index contributed by atoms with van der Waals surface area (Å²) >= 11 is 0. The first-order valence-corrected chi connectivity index (χ1v) is 10.1. The van der Waals surface area contributed by atoms with E-state index in [0.717, 1.165) is 0 Å².